The predicted molar refractivity (Wildman–Crippen MR) is 48.4 cm³/mol. The van der Waals surface area contributed by atoms with E-state index in [4.69, 9.17) is 0 Å². The van der Waals surface area contributed by atoms with E-state index < -0.39 is 12.2 Å². The van der Waals surface area contributed by atoms with Gasteiger partial charge in [0, 0.05) is 5.69 Å². The van der Waals surface area contributed by atoms with Gasteiger partial charge in [-0.3, -0.25) is 0 Å². The fraction of sp³-hybridized carbons (Fsp3) is 0.100. The maximum absolute atomic E-state index is 12.3. The van der Waals surface area contributed by atoms with E-state index in [-0.39, 0.29) is 0 Å². The van der Waals surface area contributed by atoms with Gasteiger partial charge in [-0.1, -0.05) is 24.3 Å². The lowest BCUT2D eigenvalue weighted by atomic mass is 10.1. The van der Waals surface area contributed by atoms with Gasteiger partial charge in [0.2, 0.25) is 0 Å². The zero-order valence-corrected chi connectivity index (χ0v) is 7.10. The van der Waals surface area contributed by atoms with E-state index in [0.29, 0.717) is 5.69 Å². The van der Waals surface area contributed by atoms with Crippen molar-refractivity contribution < 1.29 is 13.2 Å². The number of para-hydroxylation sites is 1. The van der Waals surface area contributed by atoms with Crippen molar-refractivity contribution in [3.05, 3.63) is 41.9 Å². The molecule has 0 bridgehead atoms. The highest BCUT2D eigenvalue weighted by molar-refractivity contribution is 5.73. The van der Waals surface area contributed by atoms with Gasteiger partial charge >= 0.3 is 6.18 Å². The van der Waals surface area contributed by atoms with Crippen molar-refractivity contribution in [3.63, 3.8) is 0 Å². The van der Waals surface area contributed by atoms with Crippen LogP contribution in [0.4, 0.5) is 18.9 Å². The molecule has 0 saturated carbocycles. The SMILES string of the molecule is FC(F)(F)[C]1C=Cc2ccccc2N1. The molecule has 14 heavy (non-hydrogen) atoms. The molecule has 1 aromatic carbocycles. The fourth-order valence-corrected chi connectivity index (χ4v) is 1.28. The van der Waals surface area contributed by atoms with E-state index in [1.165, 1.54) is 6.08 Å². The van der Waals surface area contributed by atoms with Crippen LogP contribution in [0.2, 0.25) is 0 Å². The minimum absolute atomic E-state index is 0.488. The van der Waals surface area contributed by atoms with E-state index >= 15 is 0 Å². The zero-order chi connectivity index (χ0) is 10.2. The Bertz CT molecular complexity index is 368. The first-order chi connectivity index (χ1) is 6.57. The molecule has 1 nitrogen and oxygen atoms in total. The second-order valence-electron chi connectivity index (χ2n) is 2.96. The number of alkyl halides is 3. The summed E-state index contributed by atoms with van der Waals surface area (Å²) in [5.41, 5.74) is 1.25. The average molecular weight is 198 g/mol. The van der Waals surface area contributed by atoms with Crippen LogP contribution in [0.5, 0.6) is 0 Å². The molecule has 1 aliphatic rings. The molecule has 0 spiro atoms. The molecule has 0 fully saturated rings. The van der Waals surface area contributed by atoms with Gasteiger partial charge in [-0.15, -0.1) is 0 Å². The van der Waals surface area contributed by atoms with Gasteiger partial charge in [0.05, 0.1) is 0 Å². The highest BCUT2D eigenvalue weighted by atomic mass is 19.4. The molecule has 0 saturated heterocycles. The number of halogens is 3. The standard InChI is InChI=1S/C10H7F3N/c11-10(12,13)9-6-5-7-3-1-2-4-8(7)14-9/h1-6,14H. The largest absolute Gasteiger partial charge is 0.418 e. The summed E-state index contributed by atoms with van der Waals surface area (Å²) in [6.07, 6.45) is -1.82. The van der Waals surface area contributed by atoms with Crippen LogP contribution in [0.3, 0.4) is 0 Å². The van der Waals surface area contributed by atoms with Crippen molar-refractivity contribution in [1.82, 2.24) is 0 Å². The molecular formula is C10H7F3N. The lowest BCUT2D eigenvalue weighted by Gasteiger charge is -2.22. The predicted octanol–water partition coefficient (Wildman–Crippen LogP) is 3.22. The highest BCUT2D eigenvalue weighted by Crippen LogP contribution is 2.35. The molecule has 0 aromatic heterocycles. The molecule has 73 valence electrons. The highest BCUT2D eigenvalue weighted by Gasteiger charge is 2.40. The van der Waals surface area contributed by atoms with E-state index in [9.17, 15) is 13.2 Å². The topological polar surface area (TPSA) is 12.0 Å². The number of fused-ring (bicyclic) bond motifs is 1. The van der Waals surface area contributed by atoms with Gasteiger partial charge in [0.15, 0.2) is 6.04 Å². The van der Waals surface area contributed by atoms with Crippen LogP contribution < -0.4 is 5.32 Å². The molecule has 2 rings (SSSR count). The number of nitrogens with one attached hydrogen (secondary N) is 1. The summed E-state index contributed by atoms with van der Waals surface area (Å²) in [6, 6.07) is 6.12. The smallest absolute Gasteiger partial charge is 0.365 e. The Hall–Kier alpha value is -1.45. The zero-order valence-electron chi connectivity index (χ0n) is 7.10. The van der Waals surface area contributed by atoms with Gasteiger partial charge < -0.3 is 5.32 Å². The Labute approximate surface area is 79.2 Å². The van der Waals surface area contributed by atoms with E-state index in [2.05, 4.69) is 5.32 Å². The van der Waals surface area contributed by atoms with E-state index in [1.54, 1.807) is 24.3 Å². The maximum atomic E-state index is 12.3. The van der Waals surface area contributed by atoms with Crippen LogP contribution in [-0.2, 0) is 0 Å². The summed E-state index contributed by atoms with van der Waals surface area (Å²) in [5, 5.41) is 2.34. The third-order valence-corrected chi connectivity index (χ3v) is 1.97. The summed E-state index contributed by atoms with van der Waals surface area (Å²) in [6.45, 7) is 0. The minimum atomic E-state index is -4.32. The Kier molecular flexibility index (Phi) is 1.98. The van der Waals surface area contributed by atoms with Crippen molar-refractivity contribution in [3.8, 4) is 0 Å². The first-order valence-corrected chi connectivity index (χ1v) is 4.05. The molecule has 1 N–H and O–H groups in total. The molecule has 1 aromatic rings. The average Bonchev–Trinajstić information content (AvgIpc) is 2.16. The van der Waals surface area contributed by atoms with Gasteiger partial charge in [-0.25, -0.2) is 0 Å². The first kappa shape index (κ1) is 9.12. The van der Waals surface area contributed by atoms with Crippen molar-refractivity contribution in [2.75, 3.05) is 5.32 Å². The second kappa shape index (κ2) is 3.04. The van der Waals surface area contributed by atoms with Gasteiger partial charge in [0.1, 0.15) is 0 Å². The van der Waals surface area contributed by atoms with Crippen molar-refractivity contribution in [1.29, 1.82) is 0 Å². The number of hydrogen-bond acceptors (Lipinski definition) is 1. The summed E-state index contributed by atoms with van der Waals surface area (Å²) >= 11 is 0. The maximum Gasteiger partial charge on any atom is 0.418 e. The number of benzene rings is 1. The fourth-order valence-electron chi connectivity index (χ4n) is 1.28. The summed E-state index contributed by atoms with van der Waals surface area (Å²) in [7, 11) is 0. The second-order valence-corrected chi connectivity index (χ2v) is 2.96. The van der Waals surface area contributed by atoms with Gasteiger partial charge in [-0.2, -0.15) is 13.2 Å². The van der Waals surface area contributed by atoms with E-state index in [0.717, 1.165) is 11.6 Å². The monoisotopic (exact) mass is 198 g/mol. The summed E-state index contributed by atoms with van der Waals surface area (Å²) in [4.78, 5) is 0. The normalized spacial score (nSPS) is 16.2. The molecular weight excluding hydrogens is 191 g/mol. The Morgan fingerprint density at radius 1 is 1.00 bits per heavy atom. The van der Waals surface area contributed by atoms with Gasteiger partial charge in [0.25, 0.3) is 0 Å². The lowest BCUT2D eigenvalue weighted by Crippen LogP contribution is -2.27. The molecule has 0 atom stereocenters. The first-order valence-electron chi connectivity index (χ1n) is 4.05. The van der Waals surface area contributed by atoms with Crippen molar-refractivity contribution in [2.24, 2.45) is 0 Å². The van der Waals surface area contributed by atoms with Crippen LogP contribution in [0.15, 0.2) is 30.3 Å². The Morgan fingerprint density at radius 3 is 2.43 bits per heavy atom. The van der Waals surface area contributed by atoms with E-state index in [1.807, 2.05) is 0 Å². The van der Waals surface area contributed by atoms with Crippen LogP contribution in [0.25, 0.3) is 6.08 Å². The molecule has 1 radical (unpaired) electrons. The summed E-state index contributed by atoms with van der Waals surface area (Å²) < 4.78 is 36.9. The quantitative estimate of drug-likeness (QED) is 0.674. The third-order valence-electron chi connectivity index (χ3n) is 1.97. The Balaban J connectivity index is 2.30. The van der Waals surface area contributed by atoms with Crippen LogP contribution >= 0.6 is 0 Å². The Morgan fingerprint density at radius 2 is 1.71 bits per heavy atom. The number of hydrogen-bond donors (Lipinski definition) is 1. The number of anilines is 1. The van der Waals surface area contributed by atoms with Crippen LogP contribution in [0.1, 0.15) is 5.56 Å². The summed E-state index contributed by atoms with van der Waals surface area (Å²) in [5.74, 6) is 0. The minimum Gasteiger partial charge on any atom is -0.365 e. The van der Waals surface area contributed by atoms with Gasteiger partial charge in [-0.05, 0) is 17.7 Å². The van der Waals surface area contributed by atoms with Crippen LogP contribution in [-0.4, -0.2) is 6.18 Å². The third kappa shape index (κ3) is 1.60. The van der Waals surface area contributed by atoms with Crippen molar-refractivity contribution >= 4 is 11.8 Å². The van der Waals surface area contributed by atoms with Crippen LogP contribution in [0, 0.1) is 6.04 Å². The number of rotatable bonds is 0. The molecule has 0 unspecified atom stereocenters. The lowest BCUT2D eigenvalue weighted by molar-refractivity contribution is -0.105. The molecule has 0 aliphatic carbocycles. The molecule has 1 aliphatic heterocycles. The molecule has 1 heterocycles. The van der Waals surface area contributed by atoms with Crippen molar-refractivity contribution in [2.45, 2.75) is 6.18 Å². The molecule has 0 amide bonds. The molecule has 4 heteroatoms.